The second-order valence-electron chi connectivity index (χ2n) is 2.54. The highest BCUT2D eigenvalue weighted by atomic mass is 15.0. The van der Waals surface area contributed by atoms with Crippen LogP contribution in [-0.2, 0) is 0 Å². The van der Waals surface area contributed by atoms with E-state index in [0.29, 0.717) is 5.82 Å². The summed E-state index contributed by atoms with van der Waals surface area (Å²) in [4.78, 5) is 4.19. The number of anilines is 1. The molecule has 0 saturated carbocycles. The van der Waals surface area contributed by atoms with Crippen molar-refractivity contribution in [2.75, 3.05) is 5.32 Å². The quantitative estimate of drug-likeness (QED) is 0.604. The average molecular weight is 159 g/mol. The average Bonchev–Trinajstić information content (AvgIpc) is 2.25. The van der Waals surface area contributed by atoms with Gasteiger partial charge in [0.1, 0.15) is 5.82 Å². The highest BCUT2D eigenvalue weighted by Crippen LogP contribution is 2.25. The number of aliphatic imine (C=N–C) groups is 1. The van der Waals surface area contributed by atoms with E-state index < -0.39 is 0 Å². The van der Waals surface area contributed by atoms with Crippen molar-refractivity contribution in [1.82, 2.24) is 0 Å². The highest BCUT2D eigenvalue weighted by molar-refractivity contribution is 5.82. The first kappa shape index (κ1) is 6.91. The maximum atomic E-state index is 5.61. The Labute approximate surface area is 70.6 Å². The van der Waals surface area contributed by atoms with Gasteiger partial charge in [0.25, 0.3) is 0 Å². The van der Waals surface area contributed by atoms with Gasteiger partial charge in [0, 0.05) is 6.21 Å². The topological polar surface area (TPSA) is 50.4 Å². The van der Waals surface area contributed by atoms with E-state index in [1.807, 2.05) is 24.3 Å². The number of hydrogen-bond acceptors (Lipinski definition) is 3. The minimum atomic E-state index is 0.615. The molecule has 1 aromatic rings. The van der Waals surface area contributed by atoms with Crippen molar-refractivity contribution in [3.63, 3.8) is 0 Å². The second-order valence-corrected chi connectivity index (χ2v) is 2.54. The third-order valence-corrected chi connectivity index (χ3v) is 1.65. The van der Waals surface area contributed by atoms with Crippen molar-refractivity contribution in [1.29, 1.82) is 0 Å². The molecule has 1 aliphatic rings. The van der Waals surface area contributed by atoms with Gasteiger partial charge in [-0.3, -0.25) is 4.99 Å². The molecule has 0 spiro atoms. The molecule has 3 heteroatoms. The van der Waals surface area contributed by atoms with E-state index in [4.69, 9.17) is 5.73 Å². The summed E-state index contributed by atoms with van der Waals surface area (Å²) in [5, 5.41) is 3.04. The van der Waals surface area contributed by atoms with E-state index in [1.165, 1.54) is 0 Å². The van der Waals surface area contributed by atoms with Gasteiger partial charge in [0.2, 0.25) is 0 Å². The van der Waals surface area contributed by atoms with E-state index in [1.54, 1.807) is 12.3 Å². The van der Waals surface area contributed by atoms with E-state index in [9.17, 15) is 0 Å². The molecule has 0 fully saturated rings. The van der Waals surface area contributed by atoms with Gasteiger partial charge in [-0.25, -0.2) is 0 Å². The molecule has 2 rings (SSSR count). The van der Waals surface area contributed by atoms with Crippen LogP contribution in [0.1, 0.15) is 0 Å². The first-order valence-corrected chi connectivity index (χ1v) is 3.72. The molecule has 0 aromatic heterocycles. The van der Waals surface area contributed by atoms with Crippen LogP contribution >= 0.6 is 0 Å². The summed E-state index contributed by atoms with van der Waals surface area (Å²) in [7, 11) is 0. The normalized spacial score (nSPS) is 14.2. The molecule has 0 radical (unpaired) electrons. The fourth-order valence-corrected chi connectivity index (χ4v) is 1.09. The number of fused-ring (bicyclic) bond motifs is 1. The molecule has 1 aliphatic heterocycles. The van der Waals surface area contributed by atoms with Gasteiger partial charge < -0.3 is 11.1 Å². The van der Waals surface area contributed by atoms with Gasteiger partial charge >= 0.3 is 0 Å². The number of nitrogens with one attached hydrogen (secondary N) is 1. The van der Waals surface area contributed by atoms with Crippen molar-refractivity contribution in [2.24, 2.45) is 10.7 Å². The molecular weight excluding hydrogens is 150 g/mol. The highest BCUT2D eigenvalue weighted by Gasteiger charge is 2.01. The van der Waals surface area contributed by atoms with Crippen LogP contribution in [0.25, 0.3) is 0 Å². The molecule has 60 valence electrons. The predicted octanol–water partition coefficient (Wildman–Crippen LogP) is 1.61. The van der Waals surface area contributed by atoms with Crippen molar-refractivity contribution in [3.8, 4) is 0 Å². The number of para-hydroxylation sites is 2. The zero-order valence-electron chi connectivity index (χ0n) is 6.49. The lowest BCUT2D eigenvalue weighted by atomic mass is 10.3. The minimum absolute atomic E-state index is 0.615. The van der Waals surface area contributed by atoms with E-state index >= 15 is 0 Å². The van der Waals surface area contributed by atoms with E-state index in [2.05, 4.69) is 10.3 Å². The maximum absolute atomic E-state index is 5.61. The monoisotopic (exact) mass is 159 g/mol. The zero-order valence-corrected chi connectivity index (χ0v) is 6.49. The van der Waals surface area contributed by atoms with Crippen molar-refractivity contribution < 1.29 is 0 Å². The van der Waals surface area contributed by atoms with Crippen LogP contribution in [0.3, 0.4) is 0 Å². The second kappa shape index (κ2) is 2.70. The first-order valence-electron chi connectivity index (χ1n) is 3.72. The third kappa shape index (κ3) is 1.16. The molecule has 3 nitrogen and oxygen atoms in total. The summed E-state index contributed by atoms with van der Waals surface area (Å²) >= 11 is 0. The molecule has 0 saturated heterocycles. The summed E-state index contributed by atoms with van der Waals surface area (Å²) < 4.78 is 0. The third-order valence-electron chi connectivity index (χ3n) is 1.65. The van der Waals surface area contributed by atoms with Crippen LogP contribution in [0, 0.1) is 0 Å². The molecule has 0 bridgehead atoms. The SMILES string of the molecule is NC1=CC=Nc2ccccc2N1. The van der Waals surface area contributed by atoms with Crippen LogP contribution in [-0.4, -0.2) is 6.21 Å². The number of nitrogens with zero attached hydrogens (tertiary/aromatic N) is 1. The van der Waals surface area contributed by atoms with Crippen molar-refractivity contribution in [2.45, 2.75) is 0 Å². The lowest BCUT2D eigenvalue weighted by molar-refractivity contribution is 1.32. The fraction of sp³-hybridized carbons (Fsp3) is 0. The van der Waals surface area contributed by atoms with Gasteiger partial charge in [0.05, 0.1) is 11.4 Å². The fourth-order valence-electron chi connectivity index (χ4n) is 1.09. The summed E-state index contributed by atoms with van der Waals surface area (Å²) in [6.07, 6.45) is 3.42. The smallest absolute Gasteiger partial charge is 0.102 e. The summed E-state index contributed by atoms with van der Waals surface area (Å²) in [5.74, 6) is 0.615. The minimum Gasteiger partial charge on any atom is -0.385 e. The Morgan fingerprint density at radius 3 is 3.00 bits per heavy atom. The molecule has 0 amide bonds. The molecule has 1 aromatic carbocycles. The summed E-state index contributed by atoms with van der Waals surface area (Å²) in [6.45, 7) is 0. The van der Waals surface area contributed by atoms with Crippen LogP contribution in [0.5, 0.6) is 0 Å². The molecule has 3 N–H and O–H groups in total. The predicted molar refractivity (Wildman–Crippen MR) is 50.5 cm³/mol. The molecule has 0 atom stereocenters. The van der Waals surface area contributed by atoms with Crippen LogP contribution < -0.4 is 11.1 Å². The Morgan fingerprint density at radius 2 is 2.08 bits per heavy atom. The lowest BCUT2D eigenvalue weighted by Gasteiger charge is -2.05. The standard InChI is InChI=1S/C9H9N3/c10-9-5-6-11-7-3-1-2-4-8(7)12-9/h1-6,12H,10H2. The van der Waals surface area contributed by atoms with Gasteiger partial charge in [-0.05, 0) is 18.2 Å². The number of nitrogens with two attached hydrogens (primary N) is 1. The number of allylic oxidation sites excluding steroid dienone is 1. The molecule has 0 unspecified atom stereocenters. The van der Waals surface area contributed by atoms with Gasteiger partial charge in [-0.2, -0.15) is 0 Å². The number of benzene rings is 1. The summed E-state index contributed by atoms with van der Waals surface area (Å²) in [5.41, 5.74) is 7.46. The Hall–Kier alpha value is -1.77. The van der Waals surface area contributed by atoms with E-state index in [-0.39, 0.29) is 0 Å². The van der Waals surface area contributed by atoms with Gasteiger partial charge in [0.15, 0.2) is 0 Å². The van der Waals surface area contributed by atoms with Crippen LogP contribution in [0.2, 0.25) is 0 Å². The largest absolute Gasteiger partial charge is 0.385 e. The Balaban J connectivity index is 2.49. The first-order chi connectivity index (χ1) is 5.86. The Kier molecular flexibility index (Phi) is 1.55. The zero-order chi connectivity index (χ0) is 8.39. The van der Waals surface area contributed by atoms with Crippen LogP contribution in [0.4, 0.5) is 11.4 Å². The molecule has 12 heavy (non-hydrogen) atoms. The molecule has 0 aliphatic carbocycles. The van der Waals surface area contributed by atoms with Gasteiger partial charge in [-0.15, -0.1) is 0 Å². The lowest BCUT2D eigenvalue weighted by Crippen LogP contribution is -2.07. The Bertz CT molecular complexity index is 353. The number of rotatable bonds is 0. The summed E-state index contributed by atoms with van der Waals surface area (Å²) in [6, 6.07) is 7.77. The maximum Gasteiger partial charge on any atom is 0.102 e. The van der Waals surface area contributed by atoms with Crippen molar-refractivity contribution >= 4 is 17.6 Å². The molecular formula is C9H9N3. The van der Waals surface area contributed by atoms with Gasteiger partial charge in [-0.1, -0.05) is 12.1 Å². The molecule has 1 heterocycles. The Morgan fingerprint density at radius 1 is 1.25 bits per heavy atom. The van der Waals surface area contributed by atoms with Crippen LogP contribution in [0.15, 0.2) is 41.2 Å². The number of hydrogen-bond donors (Lipinski definition) is 2. The van der Waals surface area contributed by atoms with E-state index in [0.717, 1.165) is 11.4 Å². The van der Waals surface area contributed by atoms with Crippen molar-refractivity contribution in [3.05, 3.63) is 36.2 Å².